The molecule has 7 nitrogen and oxygen atoms in total. The van der Waals surface area contributed by atoms with Gasteiger partial charge in [-0.05, 0) is 54.9 Å². The monoisotopic (exact) mass is 622 g/mol. The first-order chi connectivity index (χ1) is 20.4. The van der Waals surface area contributed by atoms with Crippen molar-refractivity contribution in [1.29, 1.82) is 0 Å². The molecule has 0 radical (unpaired) electrons. The van der Waals surface area contributed by atoms with Gasteiger partial charge in [0.1, 0.15) is 16.9 Å². The number of halogens is 5. The number of carbonyl (C=O) groups is 2. The smallest absolute Gasteiger partial charge is 0.339 e. The summed E-state index contributed by atoms with van der Waals surface area (Å²) in [5.41, 5.74) is -0.234. The summed E-state index contributed by atoms with van der Waals surface area (Å²) in [4.78, 5) is 24.9. The number of carboxylic acids is 1. The van der Waals surface area contributed by atoms with E-state index in [9.17, 15) is 46.3 Å². The molecule has 2 aliphatic rings. The molecule has 228 valence electrons. The van der Waals surface area contributed by atoms with Crippen molar-refractivity contribution in [3.63, 3.8) is 0 Å². The van der Waals surface area contributed by atoms with Crippen molar-refractivity contribution in [3.8, 4) is 5.75 Å². The molecule has 0 aromatic heterocycles. The Morgan fingerprint density at radius 2 is 1.49 bits per heavy atom. The Hall–Kier alpha value is -3.68. The van der Waals surface area contributed by atoms with Crippen LogP contribution in [0.2, 0.25) is 0 Å². The van der Waals surface area contributed by atoms with Crippen LogP contribution >= 0.6 is 0 Å². The van der Waals surface area contributed by atoms with E-state index in [-0.39, 0.29) is 25.1 Å². The molecule has 1 unspecified atom stereocenters. The highest BCUT2D eigenvalue weighted by molar-refractivity contribution is 7.89. The zero-order valence-electron chi connectivity index (χ0n) is 22.6. The average Bonchev–Trinajstić information content (AvgIpc) is 3.78. The number of hydrogen-bond donors (Lipinski definition) is 3. The third-order valence-corrected chi connectivity index (χ3v) is 9.27. The molecule has 13 heteroatoms. The minimum Gasteiger partial charge on any atom is -0.593 e. The molecule has 0 spiro atoms. The minimum atomic E-state index is -3.02. The lowest BCUT2D eigenvalue weighted by Gasteiger charge is -2.29. The SMILES string of the molecule is O=C(O)c1ccc(N(Cc2ccc(C3CCCCC3)cc2)C(=O)C2(N[S+]([O-])c3c(F)c(F)c(F)c(F)c3F)CC2)cc1O. The number of aromatic hydroxyl groups is 1. The Labute approximate surface area is 246 Å². The molecule has 5 rings (SSSR count). The largest absolute Gasteiger partial charge is 0.593 e. The number of nitrogens with zero attached hydrogens (tertiary/aromatic N) is 1. The summed E-state index contributed by atoms with van der Waals surface area (Å²) >= 11 is -3.02. The van der Waals surface area contributed by atoms with E-state index in [1.165, 1.54) is 17.4 Å². The molecule has 0 bridgehead atoms. The summed E-state index contributed by atoms with van der Waals surface area (Å²) in [6.45, 7) is -0.0891. The van der Waals surface area contributed by atoms with Gasteiger partial charge in [0.05, 0.1) is 17.9 Å². The van der Waals surface area contributed by atoms with Crippen LogP contribution in [0.3, 0.4) is 0 Å². The third kappa shape index (κ3) is 6.06. The Morgan fingerprint density at radius 1 is 0.907 bits per heavy atom. The molecule has 3 aromatic carbocycles. The van der Waals surface area contributed by atoms with E-state index in [0.29, 0.717) is 11.5 Å². The average molecular weight is 623 g/mol. The predicted octanol–water partition coefficient (Wildman–Crippen LogP) is 6.21. The van der Waals surface area contributed by atoms with E-state index in [4.69, 9.17) is 0 Å². The van der Waals surface area contributed by atoms with Crippen LogP contribution in [0.4, 0.5) is 27.6 Å². The third-order valence-electron chi connectivity index (χ3n) is 7.97. The number of anilines is 1. The van der Waals surface area contributed by atoms with E-state index in [0.717, 1.165) is 43.4 Å². The first-order valence-electron chi connectivity index (χ1n) is 13.6. The van der Waals surface area contributed by atoms with Gasteiger partial charge in [-0.2, -0.15) is 8.78 Å². The molecule has 1 amide bonds. The van der Waals surface area contributed by atoms with Crippen LogP contribution in [0.15, 0.2) is 47.4 Å². The molecule has 0 heterocycles. The fourth-order valence-electron chi connectivity index (χ4n) is 5.38. The number of rotatable bonds is 9. The lowest BCUT2D eigenvalue weighted by atomic mass is 9.84. The molecular formula is C30H27F5N2O5S. The van der Waals surface area contributed by atoms with Crippen LogP contribution in [0.5, 0.6) is 5.75 Å². The first-order valence-corrected chi connectivity index (χ1v) is 14.8. The molecule has 2 aliphatic carbocycles. The van der Waals surface area contributed by atoms with Crippen molar-refractivity contribution in [2.45, 2.75) is 67.8 Å². The number of carbonyl (C=O) groups excluding carboxylic acids is 1. The number of phenols is 1. The number of aromatic carboxylic acids is 1. The lowest BCUT2D eigenvalue weighted by Crippen LogP contribution is -2.51. The van der Waals surface area contributed by atoms with Crippen molar-refractivity contribution in [2.24, 2.45) is 0 Å². The van der Waals surface area contributed by atoms with Crippen LogP contribution in [0, 0.1) is 29.1 Å². The molecule has 2 fully saturated rings. The van der Waals surface area contributed by atoms with Crippen LogP contribution < -0.4 is 9.62 Å². The summed E-state index contributed by atoms with van der Waals surface area (Å²) in [5, 5.41) is 19.6. The van der Waals surface area contributed by atoms with Gasteiger partial charge in [-0.15, -0.1) is 4.72 Å². The highest BCUT2D eigenvalue weighted by Crippen LogP contribution is 2.42. The maximum absolute atomic E-state index is 14.4. The van der Waals surface area contributed by atoms with Gasteiger partial charge < -0.3 is 19.7 Å². The van der Waals surface area contributed by atoms with Gasteiger partial charge in [0.25, 0.3) is 10.8 Å². The molecule has 43 heavy (non-hydrogen) atoms. The van der Waals surface area contributed by atoms with E-state index in [1.807, 2.05) is 24.3 Å². The van der Waals surface area contributed by atoms with E-state index in [1.54, 1.807) is 0 Å². The molecule has 1 atom stereocenters. The minimum absolute atomic E-state index is 0.0171. The number of amides is 1. The fourth-order valence-corrected chi connectivity index (χ4v) is 6.63. The van der Waals surface area contributed by atoms with Crippen molar-refractivity contribution in [1.82, 2.24) is 4.72 Å². The van der Waals surface area contributed by atoms with E-state index in [2.05, 4.69) is 4.72 Å². The molecule has 2 saturated carbocycles. The predicted molar refractivity (Wildman–Crippen MR) is 146 cm³/mol. The maximum Gasteiger partial charge on any atom is 0.339 e. The topological polar surface area (TPSA) is 113 Å². The molecule has 3 aromatic rings. The normalized spacial score (nSPS) is 17.0. The van der Waals surface area contributed by atoms with E-state index >= 15 is 0 Å². The summed E-state index contributed by atoms with van der Waals surface area (Å²) in [5.74, 6) is -13.9. The van der Waals surface area contributed by atoms with Crippen LogP contribution in [-0.4, -0.2) is 32.2 Å². The highest BCUT2D eigenvalue weighted by Gasteiger charge is 2.56. The first kappa shape index (κ1) is 30.8. The highest BCUT2D eigenvalue weighted by atomic mass is 32.2. The number of nitrogens with one attached hydrogen (secondary N) is 1. The van der Waals surface area contributed by atoms with Crippen molar-refractivity contribution >= 4 is 28.9 Å². The maximum atomic E-state index is 14.4. The zero-order chi connectivity index (χ0) is 31.1. The van der Waals surface area contributed by atoms with Gasteiger partial charge in [-0.25, -0.2) is 18.0 Å². The molecular weight excluding hydrogens is 595 g/mol. The fraction of sp³-hybridized carbons (Fsp3) is 0.333. The van der Waals surface area contributed by atoms with Gasteiger partial charge in [0.2, 0.25) is 29.1 Å². The number of carboxylic acid groups (broad SMARTS) is 1. The Morgan fingerprint density at radius 3 is 2.02 bits per heavy atom. The Kier molecular flexibility index (Phi) is 8.68. The van der Waals surface area contributed by atoms with Crippen molar-refractivity contribution in [3.05, 3.63) is 88.2 Å². The van der Waals surface area contributed by atoms with E-state index < -0.39 is 74.1 Å². The van der Waals surface area contributed by atoms with Crippen LogP contribution in [-0.2, 0) is 22.7 Å². The quantitative estimate of drug-likeness (QED) is 0.113. The second-order valence-corrected chi connectivity index (χ2v) is 12.0. The van der Waals surface area contributed by atoms with Gasteiger partial charge in [0.15, 0.2) is 0 Å². The summed E-state index contributed by atoms with van der Waals surface area (Å²) in [6.07, 6.45) is 5.68. The number of benzene rings is 3. The molecule has 3 N–H and O–H groups in total. The van der Waals surface area contributed by atoms with Gasteiger partial charge in [-0.3, -0.25) is 4.79 Å². The second-order valence-electron chi connectivity index (χ2n) is 10.8. The standard InChI is InChI=1S/C30H27F5N2O5S/c31-22-23(32)25(34)27(26(35)24(22)33)43(42)36-30(12-13-30)29(41)37(19-10-11-20(28(39)40)21(38)14-19)15-16-6-8-18(9-7-16)17-4-2-1-3-5-17/h6-11,14,17,36,38H,1-5,12-13,15H2,(H,39,40). The van der Waals surface area contributed by atoms with Crippen LogP contribution in [0.25, 0.3) is 0 Å². The summed E-state index contributed by atoms with van der Waals surface area (Å²) in [6, 6.07) is 11.0. The Balaban J connectivity index is 1.45. The van der Waals surface area contributed by atoms with Crippen molar-refractivity contribution < 1.29 is 46.3 Å². The molecule has 0 aliphatic heterocycles. The van der Waals surface area contributed by atoms with Gasteiger partial charge in [-0.1, -0.05) is 43.5 Å². The van der Waals surface area contributed by atoms with Crippen molar-refractivity contribution in [2.75, 3.05) is 4.90 Å². The van der Waals surface area contributed by atoms with Gasteiger partial charge in [0, 0.05) is 11.8 Å². The Bertz CT molecular complexity index is 1530. The zero-order valence-corrected chi connectivity index (χ0v) is 23.5. The summed E-state index contributed by atoms with van der Waals surface area (Å²) in [7, 11) is 0. The second kappa shape index (κ2) is 12.1. The number of hydrogen-bond acceptors (Lipinski definition) is 5. The van der Waals surface area contributed by atoms with Crippen LogP contribution in [0.1, 0.15) is 72.3 Å². The van der Waals surface area contributed by atoms with Gasteiger partial charge >= 0.3 is 5.97 Å². The lowest BCUT2D eigenvalue weighted by molar-refractivity contribution is -0.121. The summed E-state index contributed by atoms with van der Waals surface area (Å²) < 4.78 is 85.0. The molecule has 0 saturated heterocycles.